The van der Waals surface area contributed by atoms with Gasteiger partial charge in [-0.2, -0.15) is 0 Å². The standard InChI is InChI=1S/C16H19ClN4O.HI/c1-18-16(19-10-12-5-3-6-13(17)9-12)20-11-14-7-4-8-15(21-14)22-2;/h3-9H,10-11H2,1-2H3,(H2,18,19,20);1H. The molecule has 1 aromatic carbocycles. The third-order valence-electron chi connectivity index (χ3n) is 3.00. The lowest BCUT2D eigenvalue weighted by Crippen LogP contribution is -2.36. The number of hydrogen-bond donors (Lipinski definition) is 2. The van der Waals surface area contributed by atoms with E-state index in [0.29, 0.717) is 24.9 Å². The second kappa shape index (κ2) is 10.3. The maximum atomic E-state index is 5.97. The van der Waals surface area contributed by atoms with Gasteiger partial charge in [-0.05, 0) is 23.8 Å². The summed E-state index contributed by atoms with van der Waals surface area (Å²) in [5.41, 5.74) is 1.97. The zero-order chi connectivity index (χ0) is 15.8. The second-order valence-electron chi connectivity index (χ2n) is 4.58. The van der Waals surface area contributed by atoms with Gasteiger partial charge in [0.05, 0.1) is 19.3 Å². The number of guanidine groups is 1. The quantitative estimate of drug-likeness (QED) is 0.421. The van der Waals surface area contributed by atoms with Crippen LogP contribution in [0.5, 0.6) is 5.88 Å². The fraction of sp³-hybridized carbons (Fsp3) is 0.250. The molecule has 7 heteroatoms. The Morgan fingerprint density at radius 1 is 1.17 bits per heavy atom. The molecule has 0 amide bonds. The van der Waals surface area contributed by atoms with Crippen molar-refractivity contribution in [2.45, 2.75) is 13.1 Å². The molecule has 2 rings (SSSR count). The number of methoxy groups -OCH3 is 1. The van der Waals surface area contributed by atoms with Gasteiger partial charge in [0, 0.05) is 24.7 Å². The molecule has 0 aliphatic rings. The van der Waals surface area contributed by atoms with Gasteiger partial charge in [0.2, 0.25) is 5.88 Å². The van der Waals surface area contributed by atoms with Crippen molar-refractivity contribution >= 4 is 41.5 Å². The molecule has 5 nitrogen and oxygen atoms in total. The predicted molar refractivity (Wildman–Crippen MR) is 105 cm³/mol. The number of rotatable bonds is 5. The van der Waals surface area contributed by atoms with Crippen LogP contribution in [0.2, 0.25) is 5.02 Å². The van der Waals surface area contributed by atoms with Crippen LogP contribution in [0.4, 0.5) is 0 Å². The van der Waals surface area contributed by atoms with Crippen molar-refractivity contribution in [2.24, 2.45) is 4.99 Å². The smallest absolute Gasteiger partial charge is 0.213 e. The average Bonchev–Trinajstić information content (AvgIpc) is 2.55. The Bertz CT molecular complexity index is 651. The van der Waals surface area contributed by atoms with Crippen molar-refractivity contribution < 1.29 is 4.74 Å². The van der Waals surface area contributed by atoms with Crippen molar-refractivity contribution in [1.29, 1.82) is 0 Å². The van der Waals surface area contributed by atoms with E-state index >= 15 is 0 Å². The molecule has 2 N–H and O–H groups in total. The van der Waals surface area contributed by atoms with E-state index in [1.165, 1.54) is 0 Å². The minimum Gasteiger partial charge on any atom is -0.481 e. The van der Waals surface area contributed by atoms with E-state index in [9.17, 15) is 0 Å². The van der Waals surface area contributed by atoms with Crippen molar-refractivity contribution in [3.05, 3.63) is 58.7 Å². The fourth-order valence-corrected chi connectivity index (χ4v) is 2.11. The van der Waals surface area contributed by atoms with Gasteiger partial charge in [0.1, 0.15) is 0 Å². The summed E-state index contributed by atoms with van der Waals surface area (Å²) in [4.78, 5) is 8.53. The summed E-state index contributed by atoms with van der Waals surface area (Å²) in [6.45, 7) is 1.21. The summed E-state index contributed by atoms with van der Waals surface area (Å²) in [5, 5.41) is 7.17. The van der Waals surface area contributed by atoms with E-state index < -0.39 is 0 Å². The van der Waals surface area contributed by atoms with Gasteiger partial charge in [-0.3, -0.25) is 4.99 Å². The van der Waals surface area contributed by atoms with E-state index in [-0.39, 0.29) is 24.0 Å². The Morgan fingerprint density at radius 3 is 2.61 bits per heavy atom. The van der Waals surface area contributed by atoms with E-state index in [1.807, 2.05) is 42.5 Å². The van der Waals surface area contributed by atoms with Crippen LogP contribution < -0.4 is 15.4 Å². The highest BCUT2D eigenvalue weighted by Gasteiger charge is 2.01. The molecule has 0 atom stereocenters. The Morgan fingerprint density at radius 2 is 1.91 bits per heavy atom. The van der Waals surface area contributed by atoms with E-state index in [2.05, 4.69) is 20.6 Å². The molecule has 124 valence electrons. The molecule has 0 aliphatic heterocycles. The van der Waals surface area contributed by atoms with E-state index in [0.717, 1.165) is 16.3 Å². The summed E-state index contributed by atoms with van der Waals surface area (Å²) in [6.07, 6.45) is 0. The number of aliphatic imine (C=N–C) groups is 1. The molecule has 0 unspecified atom stereocenters. The van der Waals surface area contributed by atoms with Crippen molar-refractivity contribution in [1.82, 2.24) is 15.6 Å². The lowest BCUT2D eigenvalue weighted by Gasteiger charge is -2.12. The van der Waals surface area contributed by atoms with Crippen LogP contribution in [0.25, 0.3) is 0 Å². The summed E-state index contributed by atoms with van der Waals surface area (Å²) in [7, 11) is 3.33. The SMILES string of the molecule is CN=C(NCc1cccc(Cl)c1)NCc1cccc(OC)n1.I. The highest BCUT2D eigenvalue weighted by atomic mass is 127. The van der Waals surface area contributed by atoms with Crippen LogP contribution >= 0.6 is 35.6 Å². The predicted octanol–water partition coefficient (Wildman–Crippen LogP) is 3.23. The molecule has 0 spiro atoms. The number of nitrogens with one attached hydrogen (secondary N) is 2. The molecular formula is C16H20ClIN4O. The Balaban J connectivity index is 0.00000264. The van der Waals surface area contributed by atoms with Crippen molar-refractivity contribution in [2.75, 3.05) is 14.2 Å². The number of nitrogens with zero attached hydrogens (tertiary/aromatic N) is 2. The van der Waals surface area contributed by atoms with Crippen LogP contribution in [0.3, 0.4) is 0 Å². The summed E-state index contributed by atoms with van der Waals surface area (Å²) >= 11 is 5.97. The molecular weight excluding hydrogens is 427 g/mol. The van der Waals surface area contributed by atoms with Crippen LogP contribution in [-0.2, 0) is 13.1 Å². The first-order chi connectivity index (χ1) is 10.7. The third kappa shape index (κ3) is 6.62. The molecule has 0 saturated heterocycles. The molecule has 0 fully saturated rings. The topological polar surface area (TPSA) is 58.5 Å². The first-order valence-corrected chi connectivity index (χ1v) is 7.28. The van der Waals surface area contributed by atoms with Crippen LogP contribution in [0.1, 0.15) is 11.3 Å². The molecule has 23 heavy (non-hydrogen) atoms. The second-order valence-corrected chi connectivity index (χ2v) is 5.02. The zero-order valence-electron chi connectivity index (χ0n) is 13.0. The van der Waals surface area contributed by atoms with E-state index in [4.69, 9.17) is 16.3 Å². The molecule has 1 heterocycles. The number of benzene rings is 1. The van der Waals surface area contributed by atoms with Crippen LogP contribution in [-0.4, -0.2) is 25.1 Å². The largest absolute Gasteiger partial charge is 0.481 e. The normalized spacial score (nSPS) is 10.7. The third-order valence-corrected chi connectivity index (χ3v) is 3.23. The van der Waals surface area contributed by atoms with Gasteiger partial charge in [0.25, 0.3) is 0 Å². The van der Waals surface area contributed by atoms with Crippen molar-refractivity contribution in [3.63, 3.8) is 0 Å². The molecule has 0 saturated carbocycles. The fourth-order valence-electron chi connectivity index (χ4n) is 1.90. The zero-order valence-corrected chi connectivity index (χ0v) is 16.1. The number of ether oxygens (including phenoxy) is 1. The lowest BCUT2D eigenvalue weighted by molar-refractivity contribution is 0.396. The highest BCUT2D eigenvalue weighted by molar-refractivity contribution is 14.0. The molecule has 0 bridgehead atoms. The summed E-state index contributed by atoms with van der Waals surface area (Å²) in [6, 6.07) is 13.4. The maximum Gasteiger partial charge on any atom is 0.213 e. The Hall–Kier alpha value is -1.54. The summed E-state index contributed by atoms with van der Waals surface area (Å²) in [5.74, 6) is 1.30. The number of halogens is 2. The van der Waals surface area contributed by atoms with E-state index in [1.54, 1.807) is 14.2 Å². The summed E-state index contributed by atoms with van der Waals surface area (Å²) < 4.78 is 5.11. The van der Waals surface area contributed by atoms with Gasteiger partial charge >= 0.3 is 0 Å². The van der Waals surface area contributed by atoms with Crippen molar-refractivity contribution in [3.8, 4) is 5.88 Å². The molecule has 0 radical (unpaired) electrons. The number of hydrogen-bond acceptors (Lipinski definition) is 3. The minimum atomic E-state index is 0. The highest BCUT2D eigenvalue weighted by Crippen LogP contribution is 2.10. The van der Waals surface area contributed by atoms with Gasteiger partial charge in [-0.1, -0.05) is 29.8 Å². The number of aromatic nitrogens is 1. The molecule has 1 aromatic heterocycles. The van der Waals surface area contributed by atoms with Gasteiger partial charge in [-0.15, -0.1) is 24.0 Å². The maximum absolute atomic E-state index is 5.97. The molecule has 0 aliphatic carbocycles. The first kappa shape index (κ1) is 19.5. The van der Waals surface area contributed by atoms with Gasteiger partial charge < -0.3 is 15.4 Å². The van der Waals surface area contributed by atoms with Crippen LogP contribution in [0.15, 0.2) is 47.5 Å². The van der Waals surface area contributed by atoms with Crippen LogP contribution in [0, 0.1) is 0 Å². The minimum absolute atomic E-state index is 0. The van der Waals surface area contributed by atoms with Gasteiger partial charge in [0.15, 0.2) is 5.96 Å². The lowest BCUT2D eigenvalue weighted by atomic mass is 10.2. The number of pyridine rings is 1. The Labute approximate surface area is 158 Å². The molecule has 2 aromatic rings. The average molecular weight is 447 g/mol. The van der Waals surface area contributed by atoms with Gasteiger partial charge in [-0.25, -0.2) is 4.98 Å². The Kier molecular flexibility index (Phi) is 8.71. The first-order valence-electron chi connectivity index (χ1n) is 6.90. The monoisotopic (exact) mass is 446 g/mol.